The maximum Gasteiger partial charge on any atom is 0.337 e. The van der Waals surface area contributed by atoms with E-state index in [0.717, 1.165) is 25.2 Å². The number of benzene rings is 1. The summed E-state index contributed by atoms with van der Waals surface area (Å²) < 4.78 is 0. The van der Waals surface area contributed by atoms with Crippen LogP contribution in [0.15, 0.2) is 35.7 Å². The minimum Gasteiger partial charge on any atom is -0.478 e. The molecule has 0 aliphatic carbocycles. The number of carboxylic acids is 1. The van der Waals surface area contributed by atoms with Crippen molar-refractivity contribution in [1.82, 2.24) is 0 Å². The van der Waals surface area contributed by atoms with Crippen molar-refractivity contribution in [2.24, 2.45) is 11.8 Å². The van der Waals surface area contributed by atoms with Crippen LogP contribution in [0.2, 0.25) is 0 Å². The number of carboxylic acid groups (broad SMARTS) is 1. The number of carbonyl (C=O) groups excluding carboxylic acids is 1. The van der Waals surface area contributed by atoms with Crippen LogP contribution in [-0.4, -0.2) is 30.1 Å². The van der Waals surface area contributed by atoms with E-state index in [1.165, 1.54) is 11.3 Å². The summed E-state index contributed by atoms with van der Waals surface area (Å²) in [6.45, 7) is 6.09. The summed E-state index contributed by atoms with van der Waals surface area (Å²) in [5.74, 6) is -0.139. The van der Waals surface area contributed by atoms with Gasteiger partial charge in [0.05, 0.1) is 16.1 Å². The Hall–Kier alpha value is -2.34. The Morgan fingerprint density at radius 3 is 2.52 bits per heavy atom. The average Bonchev–Trinajstić information content (AvgIpc) is 3.08. The summed E-state index contributed by atoms with van der Waals surface area (Å²) in [7, 11) is 0. The van der Waals surface area contributed by atoms with E-state index < -0.39 is 5.97 Å². The number of nitrogens with one attached hydrogen (secondary N) is 1. The Balaban J connectivity index is 1.85. The Labute approximate surface area is 151 Å². The van der Waals surface area contributed by atoms with E-state index in [4.69, 9.17) is 0 Å². The van der Waals surface area contributed by atoms with Gasteiger partial charge in [0.25, 0.3) is 5.91 Å². The summed E-state index contributed by atoms with van der Waals surface area (Å²) in [5.41, 5.74) is 1.45. The quantitative estimate of drug-likeness (QED) is 0.860. The highest BCUT2D eigenvalue weighted by atomic mass is 32.1. The third-order valence-corrected chi connectivity index (χ3v) is 5.31. The van der Waals surface area contributed by atoms with Gasteiger partial charge in [-0.05, 0) is 47.9 Å². The number of nitrogens with zero attached hydrogens (tertiary/aromatic N) is 1. The van der Waals surface area contributed by atoms with E-state index in [1.807, 2.05) is 11.4 Å². The summed E-state index contributed by atoms with van der Waals surface area (Å²) in [4.78, 5) is 26.7. The van der Waals surface area contributed by atoms with Gasteiger partial charge in [0.2, 0.25) is 0 Å². The van der Waals surface area contributed by atoms with Gasteiger partial charge in [-0.1, -0.05) is 19.9 Å². The number of anilines is 2. The maximum absolute atomic E-state index is 12.2. The van der Waals surface area contributed by atoms with Crippen LogP contribution < -0.4 is 10.2 Å². The molecule has 1 aliphatic heterocycles. The molecule has 1 aromatic carbocycles. The number of hydrogen-bond acceptors (Lipinski definition) is 4. The van der Waals surface area contributed by atoms with Gasteiger partial charge in [0, 0.05) is 18.8 Å². The summed E-state index contributed by atoms with van der Waals surface area (Å²) >= 11 is 1.35. The number of thiophene rings is 1. The normalized spacial score (nSPS) is 20.3. The summed E-state index contributed by atoms with van der Waals surface area (Å²) in [5, 5.41) is 14.2. The molecule has 2 atom stereocenters. The zero-order valence-electron chi connectivity index (χ0n) is 14.4. The van der Waals surface area contributed by atoms with Crippen LogP contribution in [0.25, 0.3) is 0 Å². The SMILES string of the molecule is C[C@@H]1C[C@H](C)CN(c2ccc(NC(=O)c3cccs3)cc2C(=O)O)C1. The van der Waals surface area contributed by atoms with Gasteiger partial charge < -0.3 is 15.3 Å². The van der Waals surface area contributed by atoms with Crippen LogP contribution in [0, 0.1) is 11.8 Å². The standard InChI is InChI=1S/C19H22N2O3S/c1-12-8-13(2)11-21(10-12)16-6-5-14(9-15(16)19(23)24)20-18(22)17-4-3-7-25-17/h3-7,9,12-13H,8,10-11H2,1-2H3,(H,20,22)(H,23,24)/t12-,13+. The van der Waals surface area contributed by atoms with Crippen molar-refractivity contribution in [1.29, 1.82) is 0 Å². The lowest BCUT2D eigenvalue weighted by molar-refractivity contribution is 0.0697. The van der Waals surface area contributed by atoms with Crippen molar-refractivity contribution in [3.05, 3.63) is 46.2 Å². The zero-order valence-corrected chi connectivity index (χ0v) is 15.2. The van der Waals surface area contributed by atoms with Crippen LogP contribution in [0.5, 0.6) is 0 Å². The Kier molecular flexibility index (Phi) is 5.08. The molecule has 1 aliphatic rings. The van der Waals surface area contributed by atoms with E-state index >= 15 is 0 Å². The third kappa shape index (κ3) is 4.02. The van der Waals surface area contributed by atoms with E-state index in [2.05, 4.69) is 24.1 Å². The van der Waals surface area contributed by atoms with Crippen LogP contribution in [-0.2, 0) is 0 Å². The van der Waals surface area contributed by atoms with Gasteiger partial charge in [0.1, 0.15) is 0 Å². The number of hydrogen-bond donors (Lipinski definition) is 2. The molecule has 6 heteroatoms. The predicted molar refractivity (Wildman–Crippen MR) is 101 cm³/mol. The fourth-order valence-corrected chi connectivity index (χ4v) is 4.14. The Bertz CT molecular complexity index is 763. The summed E-state index contributed by atoms with van der Waals surface area (Å²) in [6.07, 6.45) is 1.16. The lowest BCUT2D eigenvalue weighted by Crippen LogP contribution is -2.39. The largest absolute Gasteiger partial charge is 0.478 e. The van der Waals surface area contributed by atoms with Gasteiger partial charge >= 0.3 is 5.97 Å². The van der Waals surface area contributed by atoms with Crippen LogP contribution >= 0.6 is 11.3 Å². The second-order valence-electron chi connectivity index (χ2n) is 6.82. The monoisotopic (exact) mass is 358 g/mol. The number of carbonyl (C=O) groups is 2. The van der Waals surface area contributed by atoms with Gasteiger partial charge in [-0.25, -0.2) is 4.79 Å². The van der Waals surface area contributed by atoms with Crippen molar-refractivity contribution in [3.63, 3.8) is 0 Å². The third-order valence-electron chi connectivity index (χ3n) is 4.44. The lowest BCUT2D eigenvalue weighted by Gasteiger charge is -2.37. The highest BCUT2D eigenvalue weighted by molar-refractivity contribution is 7.12. The molecule has 2 aromatic rings. The molecular formula is C19H22N2O3S. The second kappa shape index (κ2) is 7.27. The maximum atomic E-state index is 12.2. The van der Waals surface area contributed by atoms with Crippen molar-refractivity contribution >= 4 is 34.6 Å². The number of piperidine rings is 1. The molecule has 1 amide bonds. The summed E-state index contributed by atoms with van der Waals surface area (Å²) in [6, 6.07) is 8.68. The molecule has 1 fully saturated rings. The Morgan fingerprint density at radius 2 is 1.92 bits per heavy atom. The molecular weight excluding hydrogens is 336 g/mol. The van der Waals surface area contributed by atoms with Gasteiger partial charge in [-0.15, -0.1) is 11.3 Å². The molecule has 1 saturated heterocycles. The van der Waals surface area contributed by atoms with E-state index in [0.29, 0.717) is 22.4 Å². The molecule has 25 heavy (non-hydrogen) atoms. The number of rotatable bonds is 4. The van der Waals surface area contributed by atoms with E-state index in [9.17, 15) is 14.7 Å². The van der Waals surface area contributed by atoms with Crippen LogP contribution in [0.1, 0.15) is 40.3 Å². The number of aromatic carboxylic acids is 1. The van der Waals surface area contributed by atoms with E-state index in [-0.39, 0.29) is 11.5 Å². The molecule has 132 valence electrons. The Morgan fingerprint density at radius 1 is 1.20 bits per heavy atom. The first-order valence-corrected chi connectivity index (χ1v) is 9.29. The lowest BCUT2D eigenvalue weighted by atomic mass is 9.91. The number of amides is 1. The van der Waals surface area contributed by atoms with Crippen LogP contribution in [0.3, 0.4) is 0 Å². The molecule has 5 nitrogen and oxygen atoms in total. The molecule has 1 aromatic heterocycles. The average molecular weight is 358 g/mol. The van der Waals surface area contributed by atoms with Crippen LogP contribution in [0.4, 0.5) is 11.4 Å². The topological polar surface area (TPSA) is 69.6 Å². The highest BCUT2D eigenvalue weighted by Gasteiger charge is 2.25. The first-order chi connectivity index (χ1) is 11.9. The molecule has 2 heterocycles. The molecule has 0 radical (unpaired) electrons. The van der Waals surface area contributed by atoms with Gasteiger partial charge in [-0.3, -0.25) is 4.79 Å². The smallest absolute Gasteiger partial charge is 0.337 e. The molecule has 0 saturated carbocycles. The molecule has 2 N–H and O–H groups in total. The first-order valence-electron chi connectivity index (χ1n) is 8.41. The van der Waals surface area contributed by atoms with E-state index in [1.54, 1.807) is 24.3 Å². The van der Waals surface area contributed by atoms with Gasteiger partial charge in [-0.2, -0.15) is 0 Å². The fourth-order valence-electron chi connectivity index (χ4n) is 3.52. The highest BCUT2D eigenvalue weighted by Crippen LogP contribution is 2.30. The van der Waals surface area contributed by atoms with Crippen molar-refractivity contribution in [2.75, 3.05) is 23.3 Å². The fraction of sp³-hybridized carbons (Fsp3) is 0.368. The minimum absolute atomic E-state index is 0.223. The molecule has 3 rings (SSSR count). The molecule has 0 spiro atoms. The van der Waals surface area contributed by atoms with Crippen molar-refractivity contribution in [2.45, 2.75) is 20.3 Å². The first kappa shape index (κ1) is 17.5. The van der Waals surface area contributed by atoms with Crippen molar-refractivity contribution < 1.29 is 14.7 Å². The second-order valence-corrected chi connectivity index (χ2v) is 7.77. The van der Waals surface area contributed by atoms with Gasteiger partial charge in [0.15, 0.2) is 0 Å². The predicted octanol–water partition coefficient (Wildman–Crippen LogP) is 4.18. The molecule has 0 unspecified atom stereocenters. The zero-order chi connectivity index (χ0) is 18.0. The van der Waals surface area contributed by atoms with Crippen molar-refractivity contribution in [3.8, 4) is 0 Å². The molecule has 0 bridgehead atoms. The minimum atomic E-state index is -0.979.